The Bertz CT molecular complexity index is 1680. The molecule has 2 heterocycles. The Hall–Kier alpha value is -5.42. The molecule has 0 saturated heterocycles. The predicted molar refractivity (Wildman–Crippen MR) is 170 cm³/mol. The maximum absolute atomic E-state index is 13.4. The van der Waals surface area contributed by atoms with Gasteiger partial charge in [-0.3, -0.25) is 14.7 Å². The number of urea groups is 1. The number of amides is 4. The Morgan fingerprint density at radius 3 is 2.41 bits per heavy atom. The lowest BCUT2D eigenvalue weighted by Gasteiger charge is -2.33. The van der Waals surface area contributed by atoms with E-state index in [2.05, 4.69) is 31.5 Å². The van der Waals surface area contributed by atoms with Crippen LogP contribution in [-0.4, -0.2) is 44.7 Å². The van der Waals surface area contributed by atoms with Crippen LogP contribution in [0.25, 0.3) is 0 Å². The molecule has 3 aromatic carbocycles. The summed E-state index contributed by atoms with van der Waals surface area (Å²) in [7, 11) is 0. The van der Waals surface area contributed by atoms with Gasteiger partial charge in [-0.2, -0.15) is 5.10 Å². The zero-order valence-electron chi connectivity index (χ0n) is 24.7. The minimum Gasteiger partial charge on any atom is -0.394 e. The summed E-state index contributed by atoms with van der Waals surface area (Å²) in [5.41, 5.74) is 4.11. The molecule has 0 unspecified atom stereocenters. The molecular weight excluding hydrogens is 558 g/mol. The summed E-state index contributed by atoms with van der Waals surface area (Å²) in [5, 5.41) is 29.4. The smallest absolute Gasteiger partial charge is 0.319 e. The van der Waals surface area contributed by atoms with E-state index >= 15 is 0 Å². The number of carbonyl (C=O) groups excluding carboxylic acids is 3. The first kappa shape index (κ1) is 30.1. The van der Waals surface area contributed by atoms with Crippen LogP contribution >= 0.6 is 0 Å². The number of nitrogens with zero attached hydrogens (tertiary/aromatic N) is 2. The number of H-pyrrole nitrogens is 1. The second kappa shape index (κ2) is 12.8. The van der Waals surface area contributed by atoms with Crippen molar-refractivity contribution >= 4 is 40.7 Å². The van der Waals surface area contributed by atoms with Crippen LogP contribution in [0.4, 0.5) is 27.7 Å². The summed E-state index contributed by atoms with van der Waals surface area (Å²) in [6.45, 7) is 5.72. The molecule has 1 atom stereocenters. The molecule has 0 fully saturated rings. The number of allylic oxidation sites excluding steroid dienone is 1. The van der Waals surface area contributed by atoms with E-state index in [-0.39, 0.29) is 24.5 Å². The summed E-state index contributed by atoms with van der Waals surface area (Å²) in [6.07, 6.45) is 3.07. The Morgan fingerprint density at radius 2 is 1.70 bits per heavy atom. The second-order valence-corrected chi connectivity index (χ2v) is 10.9. The van der Waals surface area contributed by atoms with Crippen LogP contribution in [0.2, 0.25) is 0 Å². The van der Waals surface area contributed by atoms with Crippen molar-refractivity contribution in [3.63, 3.8) is 0 Å². The lowest BCUT2D eigenvalue weighted by Crippen LogP contribution is -2.47. The molecule has 0 spiro atoms. The van der Waals surface area contributed by atoms with Crippen LogP contribution < -0.4 is 21.3 Å². The quantitative estimate of drug-likeness (QED) is 0.143. The number of aliphatic hydroxyl groups excluding tert-OH is 1. The number of fused-ring (bicyclic) bond motifs is 1. The SMILES string of the molecule is C/C=C/C(=O)Nc1ccc(C(=O)Nc2cccc(Nc3n[nH]c4c3CN(C(=O)N[C@H](CO)c3ccccc3)C4(C)C)c2)cc1. The monoisotopic (exact) mass is 593 g/mol. The molecule has 0 bridgehead atoms. The molecule has 11 nitrogen and oxygen atoms in total. The van der Waals surface area contributed by atoms with Crippen molar-refractivity contribution in [1.29, 1.82) is 0 Å². The van der Waals surface area contributed by atoms with E-state index in [0.29, 0.717) is 35.0 Å². The Balaban J connectivity index is 1.25. The molecule has 5 rings (SSSR count). The predicted octanol–water partition coefficient (Wildman–Crippen LogP) is 5.41. The molecule has 44 heavy (non-hydrogen) atoms. The summed E-state index contributed by atoms with van der Waals surface area (Å²) in [4.78, 5) is 39.7. The van der Waals surface area contributed by atoms with Crippen LogP contribution in [0.15, 0.2) is 91.0 Å². The summed E-state index contributed by atoms with van der Waals surface area (Å²) in [5.74, 6) is 0.0351. The standard InChI is InChI=1S/C33H35N7O4/c1-4-9-28(42)34-23-16-14-22(15-17-23)31(43)36-25-13-8-12-24(18-25)35-30-26-19-40(33(2,3)29(26)38-39-30)32(44)37-27(20-41)21-10-6-5-7-11-21/h4-18,27,41H,19-20H2,1-3H3,(H,34,42)(H,36,43)(H,37,44)(H2,35,38,39)/b9-4+/t27-/m1/s1. The molecule has 1 aliphatic rings. The molecule has 1 aliphatic heterocycles. The number of anilines is 4. The van der Waals surface area contributed by atoms with Gasteiger partial charge in [0, 0.05) is 28.2 Å². The van der Waals surface area contributed by atoms with Gasteiger partial charge in [-0.15, -0.1) is 0 Å². The number of aromatic amines is 1. The fourth-order valence-electron chi connectivity index (χ4n) is 5.15. The van der Waals surface area contributed by atoms with Gasteiger partial charge >= 0.3 is 6.03 Å². The second-order valence-electron chi connectivity index (χ2n) is 10.9. The Labute approximate surface area is 255 Å². The van der Waals surface area contributed by atoms with Gasteiger partial charge in [0.1, 0.15) is 0 Å². The summed E-state index contributed by atoms with van der Waals surface area (Å²) >= 11 is 0. The highest BCUT2D eigenvalue weighted by Gasteiger charge is 2.44. The lowest BCUT2D eigenvalue weighted by molar-refractivity contribution is -0.111. The highest BCUT2D eigenvalue weighted by Crippen LogP contribution is 2.41. The van der Waals surface area contributed by atoms with Crippen molar-refractivity contribution in [2.24, 2.45) is 0 Å². The van der Waals surface area contributed by atoms with Crippen molar-refractivity contribution < 1.29 is 19.5 Å². The van der Waals surface area contributed by atoms with Gasteiger partial charge in [-0.05, 0) is 74.9 Å². The number of rotatable bonds is 9. The van der Waals surface area contributed by atoms with Crippen LogP contribution in [0.3, 0.4) is 0 Å². The summed E-state index contributed by atoms with van der Waals surface area (Å²) in [6, 6.07) is 22.4. The van der Waals surface area contributed by atoms with Crippen molar-refractivity contribution in [2.45, 2.75) is 38.9 Å². The molecule has 226 valence electrons. The van der Waals surface area contributed by atoms with E-state index in [1.807, 2.05) is 56.3 Å². The van der Waals surface area contributed by atoms with Crippen molar-refractivity contribution in [1.82, 2.24) is 20.4 Å². The van der Waals surface area contributed by atoms with Crippen LogP contribution in [0.1, 0.15) is 54.0 Å². The fraction of sp³-hybridized carbons (Fsp3) is 0.212. The highest BCUT2D eigenvalue weighted by molar-refractivity contribution is 6.05. The van der Waals surface area contributed by atoms with Gasteiger partial charge in [0.25, 0.3) is 5.91 Å². The molecule has 0 aliphatic carbocycles. The van der Waals surface area contributed by atoms with Crippen LogP contribution in [0.5, 0.6) is 0 Å². The van der Waals surface area contributed by atoms with Crippen molar-refractivity contribution in [3.05, 3.63) is 113 Å². The zero-order chi connectivity index (χ0) is 31.3. The average molecular weight is 594 g/mol. The minimum absolute atomic E-state index is 0.225. The molecule has 4 amide bonds. The number of hydrogen-bond acceptors (Lipinski definition) is 6. The first-order valence-corrected chi connectivity index (χ1v) is 14.2. The minimum atomic E-state index is -0.677. The first-order valence-electron chi connectivity index (χ1n) is 14.2. The van der Waals surface area contributed by atoms with Crippen molar-refractivity contribution in [3.8, 4) is 0 Å². The highest BCUT2D eigenvalue weighted by atomic mass is 16.3. The largest absolute Gasteiger partial charge is 0.394 e. The first-order chi connectivity index (χ1) is 21.2. The Morgan fingerprint density at radius 1 is 0.977 bits per heavy atom. The van der Waals surface area contributed by atoms with E-state index < -0.39 is 11.6 Å². The van der Waals surface area contributed by atoms with Gasteiger partial charge in [0.2, 0.25) is 5.91 Å². The van der Waals surface area contributed by atoms with Crippen LogP contribution in [0, 0.1) is 0 Å². The third-order valence-corrected chi connectivity index (χ3v) is 7.51. The number of aliphatic hydroxyl groups is 1. The normalized spacial score (nSPS) is 14.1. The lowest BCUT2D eigenvalue weighted by atomic mass is 10.0. The molecule has 1 aromatic heterocycles. The van der Waals surface area contributed by atoms with E-state index in [1.54, 1.807) is 54.3 Å². The molecular formula is C33H35N7O4. The number of hydrogen-bond donors (Lipinski definition) is 6. The van der Waals surface area contributed by atoms with E-state index in [0.717, 1.165) is 16.8 Å². The van der Waals surface area contributed by atoms with E-state index in [1.165, 1.54) is 6.08 Å². The van der Waals surface area contributed by atoms with Crippen molar-refractivity contribution in [2.75, 3.05) is 22.6 Å². The van der Waals surface area contributed by atoms with Gasteiger partial charge in [0.05, 0.1) is 30.4 Å². The fourth-order valence-corrected chi connectivity index (χ4v) is 5.15. The number of nitrogens with one attached hydrogen (secondary N) is 5. The third-order valence-electron chi connectivity index (χ3n) is 7.51. The number of aromatic nitrogens is 2. The Kier molecular flexibility index (Phi) is 8.77. The molecule has 6 N–H and O–H groups in total. The zero-order valence-corrected chi connectivity index (χ0v) is 24.7. The average Bonchev–Trinajstić information content (AvgIpc) is 3.54. The number of benzene rings is 3. The molecule has 11 heteroatoms. The van der Waals surface area contributed by atoms with E-state index in [4.69, 9.17) is 0 Å². The topological polar surface area (TPSA) is 151 Å². The van der Waals surface area contributed by atoms with Gasteiger partial charge < -0.3 is 31.3 Å². The number of carbonyl (C=O) groups is 3. The maximum atomic E-state index is 13.4. The molecule has 4 aromatic rings. The molecule has 0 saturated carbocycles. The van der Waals surface area contributed by atoms with Crippen LogP contribution in [-0.2, 0) is 16.9 Å². The molecule has 0 radical (unpaired) electrons. The van der Waals surface area contributed by atoms with Gasteiger partial charge in [-0.25, -0.2) is 4.79 Å². The van der Waals surface area contributed by atoms with Gasteiger partial charge in [-0.1, -0.05) is 42.5 Å². The third kappa shape index (κ3) is 6.47. The summed E-state index contributed by atoms with van der Waals surface area (Å²) < 4.78 is 0. The van der Waals surface area contributed by atoms with Gasteiger partial charge in [0.15, 0.2) is 5.82 Å². The maximum Gasteiger partial charge on any atom is 0.319 e. The van der Waals surface area contributed by atoms with E-state index in [9.17, 15) is 19.5 Å².